The summed E-state index contributed by atoms with van der Waals surface area (Å²) in [5.41, 5.74) is 1.63. The van der Waals surface area contributed by atoms with Crippen LogP contribution in [0.25, 0.3) is 11.0 Å². The summed E-state index contributed by atoms with van der Waals surface area (Å²) in [5, 5.41) is 3.97. The molecule has 0 spiro atoms. The molecule has 88 valence electrons. The smallest absolute Gasteiger partial charge is 0.147 e. The summed E-state index contributed by atoms with van der Waals surface area (Å²) in [6, 6.07) is 5.68. The van der Waals surface area contributed by atoms with E-state index in [1.807, 2.05) is 18.2 Å². The Labute approximate surface area is 105 Å². The van der Waals surface area contributed by atoms with Crippen molar-refractivity contribution in [3.05, 3.63) is 29.4 Å². The lowest BCUT2D eigenvalue weighted by molar-refractivity contribution is 0.585. The largest absolute Gasteiger partial charge is 0.353 e. The van der Waals surface area contributed by atoms with Gasteiger partial charge in [-0.15, -0.1) is 0 Å². The molecule has 0 atom stereocenters. The highest BCUT2D eigenvalue weighted by Gasteiger charge is 2.12. The van der Waals surface area contributed by atoms with Gasteiger partial charge in [-0.3, -0.25) is 0 Å². The summed E-state index contributed by atoms with van der Waals surface area (Å²) in [6.07, 6.45) is 1.81. The molecule has 1 saturated heterocycles. The van der Waals surface area contributed by atoms with Crippen LogP contribution < -0.4 is 10.2 Å². The molecule has 5 heteroatoms. The van der Waals surface area contributed by atoms with Crippen LogP contribution >= 0.6 is 11.6 Å². The lowest BCUT2D eigenvalue weighted by Gasteiger charge is -2.28. The summed E-state index contributed by atoms with van der Waals surface area (Å²) in [4.78, 5) is 11.3. The minimum absolute atomic E-state index is 0.655. The molecule has 2 heterocycles. The predicted molar refractivity (Wildman–Crippen MR) is 69.6 cm³/mol. The van der Waals surface area contributed by atoms with Crippen LogP contribution in [0.4, 0.5) is 5.82 Å². The van der Waals surface area contributed by atoms with Crippen molar-refractivity contribution in [2.45, 2.75) is 0 Å². The number of halogens is 1. The molecule has 17 heavy (non-hydrogen) atoms. The van der Waals surface area contributed by atoms with Crippen LogP contribution in [0, 0.1) is 0 Å². The Kier molecular flexibility index (Phi) is 2.82. The Morgan fingerprint density at radius 1 is 1.24 bits per heavy atom. The second kappa shape index (κ2) is 4.47. The summed E-state index contributed by atoms with van der Waals surface area (Å²) in [5.74, 6) is 0.932. The van der Waals surface area contributed by atoms with Gasteiger partial charge in [0, 0.05) is 26.2 Å². The number of fused-ring (bicyclic) bond motifs is 1. The zero-order valence-electron chi connectivity index (χ0n) is 9.36. The van der Waals surface area contributed by atoms with Crippen molar-refractivity contribution in [1.29, 1.82) is 0 Å². The van der Waals surface area contributed by atoms with Crippen LogP contribution in [0.1, 0.15) is 0 Å². The Morgan fingerprint density at radius 2 is 2.06 bits per heavy atom. The lowest BCUT2D eigenvalue weighted by atomic mass is 10.3. The molecular weight excluding hydrogens is 236 g/mol. The lowest BCUT2D eigenvalue weighted by Crippen LogP contribution is -2.43. The Hall–Kier alpha value is -1.39. The average Bonchev–Trinajstić information content (AvgIpc) is 2.40. The SMILES string of the molecule is Clc1cccc2nc(N3CCNCC3)cnc12. The fourth-order valence-corrected chi connectivity index (χ4v) is 2.26. The van der Waals surface area contributed by atoms with E-state index in [2.05, 4.69) is 20.2 Å². The third-order valence-corrected chi connectivity index (χ3v) is 3.26. The van der Waals surface area contributed by atoms with Crippen molar-refractivity contribution >= 4 is 28.5 Å². The van der Waals surface area contributed by atoms with Crippen molar-refractivity contribution in [1.82, 2.24) is 15.3 Å². The summed E-state index contributed by atoms with van der Waals surface area (Å²) < 4.78 is 0. The molecule has 1 aliphatic rings. The van der Waals surface area contributed by atoms with E-state index in [1.54, 1.807) is 6.20 Å². The van der Waals surface area contributed by atoms with Crippen LogP contribution in [0.15, 0.2) is 24.4 Å². The number of para-hydroxylation sites is 1. The maximum absolute atomic E-state index is 6.07. The quantitative estimate of drug-likeness (QED) is 0.834. The van der Waals surface area contributed by atoms with Gasteiger partial charge < -0.3 is 10.2 Å². The van der Waals surface area contributed by atoms with Crippen molar-refractivity contribution in [2.75, 3.05) is 31.1 Å². The van der Waals surface area contributed by atoms with Gasteiger partial charge in [-0.05, 0) is 12.1 Å². The molecule has 1 aromatic carbocycles. The van der Waals surface area contributed by atoms with E-state index < -0.39 is 0 Å². The van der Waals surface area contributed by atoms with Gasteiger partial charge in [0.25, 0.3) is 0 Å². The number of hydrogen-bond acceptors (Lipinski definition) is 4. The zero-order valence-corrected chi connectivity index (χ0v) is 10.1. The zero-order chi connectivity index (χ0) is 11.7. The number of piperazine rings is 1. The number of hydrogen-bond donors (Lipinski definition) is 1. The minimum Gasteiger partial charge on any atom is -0.353 e. The maximum atomic E-state index is 6.07. The minimum atomic E-state index is 0.655. The Bertz CT molecular complexity index is 537. The molecular formula is C12H13ClN4. The van der Waals surface area contributed by atoms with Crippen molar-refractivity contribution < 1.29 is 0 Å². The third kappa shape index (κ3) is 2.06. The summed E-state index contributed by atoms with van der Waals surface area (Å²) >= 11 is 6.07. The predicted octanol–water partition coefficient (Wildman–Crippen LogP) is 1.69. The van der Waals surface area contributed by atoms with Crippen LogP contribution in [0.5, 0.6) is 0 Å². The van der Waals surface area contributed by atoms with Crippen LogP contribution in [-0.4, -0.2) is 36.1 Å². The van der Waals surface area contributed by atoms with Crippen LogP contribution in [0.2, 0.25) is 5.02 Å². The summed E-state index contributed by atoms with van der Waals surface area (Å²) in [6.45, 7) is 3.94. The maximum Gasteiger partial charge on any atom is 0.147 e. The van der Waals surface area contributed by atoms with E-state index in [4.69, 9.17) is 11.6 Å². The average molecular weight is 249 g/mol. The molecule has 1 aliphatic heterocycles. The van der Waals surface area contributed by atoms with Crippen molar-refractivity contribution in [2.24, 2.45) is 0 Å². The normalized spacial score (nSPS) is 16.4. The standard InChI is InChI=1S/C12H13ClN4/c13-9-2-1-3-10-12(9)15-8-11(16-10)17-6-4-14-5-7-17/h1-3,8,14H,4-7H2. The van der Waals surface area contributed by atoms with E-state index in [9.17, 15) is 0 Å². The Balaban J connectivity index is 2.01. The van der Waals surface area contributed by atoms with Crippen molar-refractivity contribution in [3.63, 3.8) is 0 Å². The fraction of sp³-hybridized carbons (Fsp3) is 0.333. The first kappa shape index (κ1) is 10.7. The van der Waals surface area contributed by atoms with Gasteiger partial charge in [-0.2, -0.15) is 0 Å². The first-order chi connectivity index (χ1) is 8.34. The molecule has 3 rings (SSSR count). The highest BCUT2D eigenvalue weighted by molar-refractivity contribution is 6.34. The molecule has 0 radical (unpaired) electrons. The fourth-order valence-electron chi connectivity index (χ4n) is 2.04. The number of rotatable bonds is 1. The first-order valence-electron chi connectivity index (χ1n) is 5.71. The number of aromatic nitrogens is 2. The van der Waals surface area contributed by atoms with E-state index in [-0.39, 0.29) is 0 Å². The number of nitrogens with one attached hydrogen (secondary N) is 1. The van der Waals surface area contributed by atoms with Crippen LogP contribution in [-0.2, 0) is 0 Å². The molecule has 0 unspecified atom stereocenters. The highest BCUT2D eigenvalue weighted by atomic mass is 35.5. The van der Waals surface area contributed by atoms with E-state index in [1.165, 1.54) is 0 Å². The van der Waals surface area contributed by atoms with E-state index in [0.717, 1.165) is 43.0 Å². The second-order valence-electron chi connectivity index (χ2n) is 4.07. The molecule has 0 bridgehead atoms. The first-order valence-corrected chi connectivity index (χ1v) is 6.09. The monoisotopic (exact) mass is 248 g/mol. The van der Waals surface area contributed by atoms with Gasteiger partial charge in [0.15, 0.2) is 0 Å². The molecule has 0 amide bonds. The van der Waals surface area contributed by atoms with Gasteiger partial charge in [0.1, 0.15) is 11.3 Å². The molecule has 0 aliphatic carbocycles. The van der Waals surface area contributed by atoms with Crippen molar-refractivity contribution in [3.8, 4) is 0 Å². The molecule has 1 fully saturated rings. The summed E-state index contributed by atoms with van der Waals surface area (Å²) in [7, 11) is 0. The van der Waals surface area contributed by atoms with E-state index >= 15 is 0 Å². The van der Waals surface area contributed by atoms with Gasteiger partial charge in [0.2, 0.25) is 0 Å². The third-order valence-electron chi connectivity index (χ3n) is 2.95. The molecule has 2 aromatic rings. The Morgan fingerprint density at radius 3 is 2.88 bits per heavy atom. The second-order valence-corrected chi connectivity index (χ2v) is 4.48. The molecule has 0 saturated carbocycles. The van der Waals surface area contributed by atoms with Gasteiger partial charge >= 0.3 is 0 Å². The number of nitrogens with zero attached hydrogens (tertiary/aromatic N) is 3. The van der Waals surface area contributed by atoms with Gasteiger partial charge in [-0.25, -0.2) is 9.97 Å². The van der Waals surface area contributed by atoms with E-state index in [0.29, 0.717) is 5.02 Å². The van der Waals surface area contributed by atoms with Gasteiger partial charge in [-0.1, -0.05) is 17.7 Å². The molecule has 4 nitrogen and oxygen atoms in total. The number of benzene rings is 1. The van der Waals surface area contributed by atoms with Crippen LogP contribution in [0.3, 0.4) is 0 Å². The molecule has 1 N–H and O–H groups in total. The topological polar surface area (TPSA) is 41.1 Å². The highest BCUT2D eigenvalue weighted by Crippen LogP contribution is 2.22. The van der Waals surface area contributed by atoms with Gasteiger partial charge in [0.05, 0.1) is 16.7 Å². The number of anilines is 1. The molecule has 1 aromatic heterocycles.